The van der Waals surface area contributed by atoms with E-state index in [4.69, 9.17) is 9.47 Å². The molecule has 0 unspecified atom stereocenters. The van der Waals surface area contributed by atoms with Crippen molar-refractivity contribution in [2.45, 2.75) is 45.3 Å². The number of nitrogens with one attached hydrogen (secondary N) is 1. The molecule has 0 saturated carbocycles. The minimum Gasteiger partial charge on any atom is -0.456 e. The zero-order chi connectivity index (χ0) is 18.5. The number of carbonyl (C=O) groups is 2. The molecule has 0 spiro atoms. The summed E-state index contributed by atoms with van der Waals surface area (Å²) in [5.41, 5.74) is 2.30. The van der Waals surface area contributed by atoms with Gasteiger partial charge >= 0.3 is 5.97 Å². The predicted octanol–water partition coefficient (Wildman–Crippen LogP) is 2.67. The average molecular weight is 358 g/mol. The Kier molecular flexibility index (Phi) is 5.93. The summed E-state index contributed by atoms with van der Waals surface area (Å²) in [6.07, 6.45) is 3.80. The van der Waals surface area contributed by atoms with E-state index in [1.165, 1.54) is 10.9 Å². The largest absolute Gasteiger partial charge is 0.456 e. The number of benzene rings is 1. The number of hydrogen-bond acceptors (Lipinski definition) is 4. The van der Waals surface area contributed by atoms with Crippen LogP contribution in [0.1, 0.15) is 32.3 Å². The van der Waals surface area contributed by atoms with Crippen molar-refractivity contribution < 1.29 is 19.1 Å². The van der Waals surface area contributed by atoms with E-state index in [1.54, 1.807) is 4.90 Å². The minimum atomic E-state index is -0.326. The second kappa shape index (κ2) is 8.36. The molecule has 6 nitrogen and oxygen atoms in total. The molecular weight excluding hydrogens is 332 g/mol. The highest BCUT2D eigenvalue weighted by Gasteiger charge is 2.26. The number of aryl methyl sites for hydroxylation is 1. The lowest BCUT2D eigenvalue weighted by molar-refractivity contribution is -0.157. The summed E-state index contributed by atoms with van der Waals surface area (Å²) in [5.74, 6) is -0.482. The number of amides is 1. The van der Waals surface area contributed by atoms with Gasteiger partial charge in [0.15, 0.2) is 6.61 Å². The smallest absolute Gasteiger partial charge is 0.306 e. The Balaban J connectivity index is 1.39. The summed E-state index contributed by atoms with van der Waals surface area (Å²) in [7, 11) is 0. The maximum atomic E-state index is 12.2. The molecule has 1 N–H and O–H groups in total. The molecule has 6 heteroatoms. The third kappa shape index (κ3) is 4.64. The summed E-state index contributed by atoms with van der Waals surface area (Å²) in [4.78, 5) is 29.1. The SMILES string of the molecule is C[C@H]1CN(C(=O)COC(=O)CCCc2c[nH]c3ccccc23)C[C@H](C)O1. The molecule has 0 bridgehead atoms. The van der Waals surface area contributed by atoms with Crippen molar-refractivity contribution in [3.05, 3.63) is 36.0 Å². The van der Waals surface area contributed by atoms with Crippen LogP contribution in [-0.4, -0.2) is 53.7 Å². The van der Waals surface area contributed by atoms with Crippen LogP contribution in [0, 0.1) is 0 Å². The number of morpholine rings is 1. The Morgan fingerprint density at radius 2 is 1.96 bits per heavy atom. The summed E-state index contributed by atoms with van der Waals surface area (Å²) in [6, 6.07) is 8.11. The molecule has 140 valence electrons. The van der Waals surface area contributed by atoms with E-state index in [0.29, 0.717) is 25.9 Å². The average Bonchev–Trinajstić information content (AvgIpc) is 3.02. The number of hydrogen-bond donors (Lipinski definition) is 1. The van der Waals surface area contributed by atoms with Crippen LogP contribution in [0.5, 0.6) is 0 Å². The number of aromatic amines is 1. The van der Waals surface area contributed by atoms with Gasteiger partial charge in [0.05, 0.1) is 12.2 Å². The third-order valence-corrected chi connectivity index (χ3v) is 4.63. The predicted molar refractivity (Wildman–Crippen MR) is 98.8 cm³/mol. The van der Waals surface area contributed by atoms with Crippen LogP contribution in [0.2, 0.25) is 0 Å². The summed E-state index contributed by atoms with van der Waals surface area (Å²) in [5, 5.41) is 1.19. The van der Waals surface area contributed by atoms with Crippen molar-refractivity contribution in [2.24, 2.45) is 0 Å². The second-order valence-corrected chi connectivity index (χ2v) is 6.93. The number of aromatic nitrogens is 1. The molecule has 26 heavy (non-hydrogen) atoms. The maximum Gasteiger partial charge on any atom is 0.306 e. The highest BCUT2D eigenvalue weighted by molar-refractivity contribution is 5.83. The van der Waals surface area contributed by atoms with Gasteiger partial charge in [-0.05, 0) is 38.3 Å². The Bertz CT molecular complexity index is 760. The molecule has 3 rings (SSSR count). The van der Waals surface area contributed by atoms with Gasteiger partial charge < -0.3 is 19.4 Å². The molecule has 1 aromatic carbocycles. The van der Waals surface area contributed by atoms with Crippen LogP contribution in [0.25, 0.3) is 10.9 Å². The molecule has 2 heterocycles. The molecule has 0 radical (unpaired) electrons. The molecular formula is C20H26N2O4. The zero-order valence-electron chi connectivity index (χ0n) is 15.4. The first-order valence-corrected chi connectivity index (χ1v) is 9.17. The number of fused-ring (bicyclic) bond motifs is 1. The van der Waals surface area contributed by atoms with Gasteiger partial charge in [-0.2, -0.15) is 0 Å². The number of ether oxygens (including phenoxy) is 2. The number of esters is 1. The monoisotopic (exact) mass is 358 g/mol. The minimum absolute atomic E-state index is 0.00887. The van der Waals surface area contributed by atoms with E-state index in [9.17, 15) is 9.59 Å². The Hall–Kier alpha value is -2.34. The van der Waals surface area contributed by atoms with Crippen molar-refractivity contribution in [3.63, 3.8) is 0 Å². The molecule has 1 saturated heterocycles. The Labute approximate surface area is 153 Å². The molecule has 1 aliphatic heterocycles. The number of nitrogens with zero attached hydrogens (tertiary/aromatic N) is 1. The quantitative estimate of drug-likeness (QED) is 0.806. The van der Waals surface area contributed by atoms with Crippen molar-refractivity contribution >= 4 is 22.8 Å². The van der Waals surface area contributed by atoms with Crippen LogP contribution in [0.15, 0.2) is 30.5 Å². The first-order valence-electron chi connectivity index (χ1n) is 9.17. The van der Waals surface area contributed by atoms with E-state index >= 15 is 0 Å². The number of H-pyrrole nitrogens is 1. The molecule has 1 amide bonds. The summed E-state index contributed by atoms with van der Waals surface area (Å²) in [6.45, 7) is 4.77. The highest BCUT2D eigenvalue weighted by atomic mass is 16.5. The maximum absolute atomic E-state index is 12.2. The van der Waals surface area contributed by atoms with Crippen LogP contribution < -0.4 is 0 Å². The van der Waals surface area contributed by atoms with Gasteiger partial charge in [0, 0.05) is 36.6 Å². The Morgan fingerprint density at radius 3 is 2.73 bits per heavy atom. The van der Waals surface area contributed by atoms with E-state index in [0.717, 1.165) is 11.9 Å². The van der Waals surface area contributed by atoms with E-state index in [-0.39, 0.29) is 30.7 Å². The fourth-order valence-corrected chi connectivity index (χ4v) is 3.45. The van der Waals surface area contributed by atoms with Crippen molar-refractivity contribution in [1.82, 2.24) is 9.88 Å². The normalized spacial score (nSPS) is 20.3. The van der Waals surface area contributed by atoms with Gasteiger partial charge in [-0.15, -0.1) is 0 Å². The van der Waals surface area contributed by atoms with Crippen molar-refractivity contribution in [3.8, 4) is 0 Å². The fourth-order valence-electron chi connectivity index (χ4n) is 3.45. The van der Waals surface area contributed by atoms with Gasteiger partial charge in [-0.3, -0.25) is 9.59 Å². The summed E-state index contributed by atoms with van der Waals surface area (Å²) >= 11 is 0. The molecule has 2 aromatic rings. The van der Waals surface area contributed by atoms with Crippen molar-refractivity contribution in [2.75, 3.05) is 19.7 Å². The molecule has 0 aliphatic carbocycles. The lowest BCUT2D eigenvalue weighted by Gasteiger charge is -2.35. The first kappa shape index (κ1) is 18.5. The van der Waals surface area contributed by atoms with Crippen LogP contribution in [0.4, 0.5) is 0 Å². The van der Waals surface area contributed by atoms with Gasteiger partial charge in [0.2, 0.25) is 0 Å². The van der Waals surface area contributed by atoms with Gasteiger partial charge in [-0.25, -0.2) is 0 Å². The second-order valence-electron chi connectivity index (χ2n) is 6.93. The van der Waals surface area contributed by atoms with E-state index in [2.05, 4.69) is 11.1 Å². The van der Waals surface area contributed by atoms with E-state index < -0.39 is 0 Å². The number of para-hydroxylation sites is 1. The van der Waals surface area contributed by atoms with Gasteiger partial charge in [-0.1, -0.05) is 18.2 Å². The highest BCUT2D eigenvalue weighted by Crippen LogP contribution is 2.19. The lowest BCUT2D eigenvalue weighted by Crippen LogP contribution is -2.49. The van der Waals surface area contributed by atoms with Gasteiger partial charge in [0.1, 0.15) is 0 Å². The molecule has 1 aromatic heterocycles. The van der Waals surface area contributed by atoms with Crippen LogP contribution in [0.3, 0.4) is 0 Å². The molecule has 2 atom stereocenters. The number of carbonyl (C=O) groups excluding carboxylic acids is 2. The van der Waals surface area contributed by atoms with Crippen LogP contribution >= 0.6 is 0 Å². The molecule has 1 aliphatic rings. The van der Waals surface area contributed by atoms with Crippen LogP contribution in [-0.2, 0) is 25.5 Å². The van der Waals surface area contributed by atoms with Crippen molar-refractivity contribution in [1.29, 1.82) is 0 Å². The third-order valence-electron chi connectivity index (χ3n) is 4.63. The van der Waals surface area contributed by atoms with Gasteiger partial charge in [0.25, 0.3) is 5.91 Å². The topological polar surface area (TPSA) is 71.6 Å². The number of rotatable bonds is 6. The Morgan fingerprint density at radius 1 is 1.23 bits per heavy atom. The van der Waals surface area contributed by atoms with E-state index in [1.807, 2.05) is 38.2 Å². The first-order chi connectivity index (χ1) is 12.5. The standard InChI is InChI=1S/C20H26N2O4/c1-14-11-22(12-15(2)26-14)19(23)13-25-20(24)9-5-6-16-10-21-18-8-4-3-7-17(16)18/h3-4,7-8,10,14-15,21H,5-6,9,11-13H2,1-2H3/t14-,15-/m0/s1. The summed E-state index contributed by atoms with van der Waals surface area (Å²) < 4.78 is 10.8. The zero-order valence-corrected chi connectivity index (χ0v) is 15.4. The fraction of sp³-hybridized carbons (Fsp3) is 0.500. The lowest BCUT2D eigenvalue weighted by atomic mass is 10.1. The molecule has 1 fully saturated rings.